The molecule has 1 rings (SSSR count). The van der Waals surface area contributed by atoms with Gasteiger partial charge in [0.25, 0.3) is 0 Å². The summed E-state index contributed by atoms with van der Waals surface area (Å²) in [6, 6.07) is 0. The zero-order chi connectivity index (χ0) is 15.7. The maximum absolute atomic E-state index is 11.6. The highest BCUT2D eigenvalue weighted by Gasteiger charge is 2.12. The lowest BCUT2D eigenvalue weighted by molar-refractivity contribution is 0.584. The topological polar surface area (TPSA) is 96.0 Å². The molecule has 0 fully saturated rings. The number of hydrogen-bond acceptors (Lipinski definition) is 6. The van der Waals surface area contributed by atoms with Crippen LogP contribution in [-0.2, 0) is 16.4 Å². The molecule has 0 aliphatic rings. The Hall–Kier alpha value is -1.41. The molecule has 21 heavy (non-hydrogen) atoms. The van der Waals surface area contributed by atoms with Gasteiger partial charge in [0.05, 0.1) is 5.75 Å². The van der Waals surface area contributed by atoms with Crippen LogP contribution in [0, 0.1) is 0 Å². The van der Waals surface area contributed by atoms with Crippen molar-refractivity contribution in [3.8, 4) is 0 Å². The Morgan fingerprint density at radius 3 is 2.29 bits per heavy atom. The van der Waals surface area contributed by atoms with Gasteiger partial charge in [0, 0.05) is 25.2 Å². The number of anilines is 2. The summed E-state index contributed by atoms with van der Waals surface area (Å²) in [6.45, 7) is 7.35. The SMILES string of the molecule is CCCc1c(NCC)ncnc1NCCS(=O)(=O)NCC. The van der Waals surface area contributed by atoms with Gasteiger partial charge in [-0.25, -0.2) is 23.1 Å². The Morgan fingerprint density at radius 2 is 1.71 bits per heavy atom. The van der Waals surface area contributed by atoms with Crippen LogP contribution in [-0.4, -0.2) is 43.8 Å². The Bertz CT molecular complexity index is 533. The summed E-state index contributed by atoms with van der Waals surface area (Å²) in [6.07, 6.45) is 3.29. The van der Waals surface area contributed by atoms with E-state index in [4.69, 9.17) is 0 Å². The molecule has 7 nitrogen and oxygen atoms in total. The molecule has 8 heteroatoms. The molecule has 0 aliphatic carbocycles. The van der Waals surface area contributed by atoms with Gasteiger partial charge >= 0.3 is 0 Å². The molecule has 1 aromatic heterocycles. The Morgan fingerprint density at radius 1 is 1.05 bits per heavy atom. The molecule has 0 aliphatic heterocycles. The highest BCUT2D eigenvalue weighted by Crippen LogP contribution is 2.21. The molecule has 3 N–H and O–H groups in total. The first-order chi connectivity index (χ1) is 10.0. The van der Waals surface area contributed by atoms with Gasteiger partial charge in [0.1, 0.15) is 18.0 Å². The summed E-state index contributed by atoms with van der Waals surface area (Å²) in [7, 11) is -3.22. The van der Waals surface area contributed by atoms with Gasteiger partial charge in [0.15, 0.2) is 0 Å². The van der Waals surface area contributed by atoms with Crippen molar-refractivity contribution in [2.75, 3.05) is 36.0 Å². The zero-order valence-corrected chi connectivity index (χ0v) is 13.8. The van der Waals surface area contributed by atoms with Gasteiger partial charge in [-0.3, -0.25) is 0 Å². The first-order valence-electron chi connectivity index (χ1n) is 7.33. The van der Waals surface area contributed by atoms with Gasteiger partial charge in [-0.15, -0.1) is 0 Å². The molecule has 0 atom stereocenters. The Labute approximate surface area is 127 Å². The van der Waals surface area contributed by atoms with Crippen LogP contribution in [0.5, 0.6) is 0 Å². The predicted octanol–water partition coefficient (Wildman–Crippen LogP) is 1.21. The lowest BCUT2D eigenvalue weighted by atomic mass is 10.1. The third-order valence-corrected chi connectivity index (χ3v) is 4.29. The van der Waals surface area contributed by atoms with E-state index < -0.39 is 10.0 Å². The molecule has 1 heterocycles. The van der Waals surface area contributed by atoms with Gasteiger partial charge in [-0.2, -0.15) is 0 Å². The lowest BCUT2D eigenvalue weighted by Gasteiger charge is -2.14. The van der Waals surface area contributed by atoms with Crippen molar-refractivity contribution in [1.29, 1.82) is 0 Å². The Kier molecular flexibility index (Phi) is 7.38. The van der Waals surface area contributed by atoms with Crippen molar-refractivity contribution in [2.45, 2.75) is 33.6 Å². The Balaban J connectivity index is 2.76. The summed E-state index contributed by atoms with van der Waals surface area (Å²) in [5, 5.41) is 6.31. The number of sulfonamides is 1. The molecule has 0 unspecified atom stereocenters. The minimum absolute atomic E-state index is 0.0208. The number of nitrogens with zero attached hydrogens (tertiary/aromatic N) is 2. The van der Waals surface area contributed by atoms with E-state index in [1.165, 1.54) is 6.33 Å². The zero-order valence-electron chi connectivity index (χ0n) is 12.9. The number of hydrogen-bond donors (Lipinski definition) is 3. The predicted molar refractivity (Wildman–Crippen MR) is 86.1 cm³/mol. The first kappa shape index (κ1) is 17.6. The van der Waals surface area contributed by atoms with Crippen molar-refractivity contribution < 1.29 is 8.42 Å². The van der Waals surface area contributed by atoms with E-state index in [1.54, 1.807) is 6.92 Å². The molecule has 0 radical (unpaired) electrons. The molecule has 120 valence electrons. The van der Waals surface area contributed by atoms with E-state index in [0.29, 0.717) is 18.9 Å². The van der Waals surface area contributed by atoms with E-state index in [1.807, 2.05) is 6.92 Å². The van der Waals surface area contributed by atoms with Crippen molar-refractivity contribution in [2.24, 2.45) is 0 Å². The highest BCUT2D eigenvalue weighted by molar-refractivity contribution is 7.89. The molecule has 0 saturated carbocycles. The fourth-order valence-electron chi connectivity index (χ4n) is 1.97. The van der Waals surface area contributed by atoms with E-state index in [0.717, 1.165) is 30.8 Å². The van der Waals surface area contributed by atoms with Gasteiger partial charge < -0.3 is 10.6 Å². The molecule has 0 saturated heterocycles. The van der Waals surface area contributed by atoms with Crippen molar-refractivity contribution in [3.63, 3.8) is 0 Å². The second-order valence-electron chi connectivity index (χ2n) is 4.57. The normalized spacial score (nSPS) is 11.4. The van der Waals surface area contributed by atoms with Crippen LogP contribution in [0.1, 0.15) is 32.8 Å². The molecule has 1 aromatic rings. The second kappa shape index (κ2) is 8.78. The van der Waals surface area contributed by atoms with Crippen LogP contribution in [0.25, 0.3) is 0 Å². The fourth-order valence-corrected chi connectivity index (χ4v) is 2.92. The molecule has 0 aromatic carbocycles. The molecular formula is C13H25N5O2S. The van der Waals surface area contributed by atoms with Crippen LogP contribution in [0.2, 0.25) is 0 Å². The maximum atomic E-state index is 11.6. The number of aromatic nitrogens is 2. The van der Waals surface area contributed by atoms with Crippen LogP contribution in [0.4, 0.5) is 11.6 Å². The molecular weight excluding hydrogens is 290 g/mol. The van der Waals surface area contributed by atoms with E-state index >= 15 is 0 Å². The number of nitrogens with one attached hydrogen (secondary N) is 3. The summed E-state index contributed by atoms with van der Waals surface area (Å²) >= 11 is 0. The summed E-state index contributed by atoms with van der Waals surface area (Å²) in [5.41, 5.74) is 1.00. The third-order valence-electron chi connectivity index (χ3n) is 2.82. The van der Waals surface area contributed by atoms with E-state index in [9.17, 15) is 8.42 Å². The van der Waals surface area contributed by atoms with Crippen LogP contribution >= 0.6 is 0 Å². The maximum Gasteiger partial charge on any atom is 0.213 e. The molecule has 0 bridgehead atoms. The average Bonchev–Trinajstić information content (AvgIpc) is 2.42. The second-order valence-corrected chi connectivity index (χ2v) is 6.50. The van der Waals surface area contributed by atoms with Crippen LogP contribution in [0.15, 0.2) is 6.33 Å². The van der Waals surface area contributed by atoms with Crippen LogP contribution < -0.4 is 15.4 Å². The monoisotopic (exact) mass is 315 g/mol. The summed E-state index contributed by atoms with van der Waals surface area (Å²) in [5.74, 6) is 1.54. The average molecular weight is 315 g/mol. The van der Waals surface area contributed by atoms with Gasteiger partial charge in [-0.1, -0.05) is 20.3 Å². The molecule has 0 amide bonds. The highest BCUT2D eigenvalue weighted by atomic mass is 32.2. The van der Waals surface area contributed by atoms with Crippen LogP contribution in [0.3, 0.4) is 0 Å². The smallest absolute Gasteiger partial charge is 0.213 e. The summed E-state index contributed by atoms with van der Waals surface area (Å²) < 4.78 is 25.7. The minimum atomic E-state index is -3.22. The van der Waals surface area contributed by atoms with Crippen molar-refractivity contribution >= 4 is 21.7 Å². The van der Waals surface area contributed by atoms with E-state index in [2.05, 4.69) is 32.2 Å². The standard InChI is InChI=1S/C13H25N5O2S/c1-4-7-11-12(14-5-2)16-10-17-13(11)15-8-9-21(19,20)18-6-3/h10,18H,4-9H2,1-3H3,(H2,14,15,16,17). The van der Waals surface area contributed by atoms with Crippen molar-refractivity contribution in [3.05, 3.63) is 11.9 Å². The molecule has 0 spiro atoms. The number of rotatable bonds is 10. The largest absolute Gasteiger partial charge is 0.370 e. The van der Waals surface area contributed by atoms with Gasteiger partial charge in [-0.05, 0) is 13.3 Å². The third kappa shape index (κ3) is 5.84. The van der Waals surface area contributed by atoms with Crippen molar-refractivity contribution in [1.82, 2.24) is 14.7 Å². The summed E-state index contributed by atoms with van der Waals surface area (Å²) in [4.78, 5) is 8.47. The lowest BCUT2D eigenvalue weighted by Crippen LogP contribution is -2.29. The first-order valence-corrected chi connectivity index (χ1v) is 8.98. The van der Waals surface area contributed by atoms with E-state index in [-0.39, 0.29) is 5.75 Å². The minimum Gasteiger partial charge on any atom is -0.370 e. The quantitative estimate of drug-likeness (QED) is 0.600. The fraction of sp³-hybridized carbons (Fsp3) is 0.692. The van der Waals surface area contributed by atoms with Gasteiger partial charge in [0.2, 0.25) is 10.0 Å².